The molecule has 0 aliphatic rings. The lowest BCUT2D eigenvalue weighted by Gasteiger charge is -2.14. The number of halogens is 1. The molecular weight excluding hydrogens is 346 g/mol. The van der Waals surface area contributed by atoms with E-state index in [1.54, 1.807) is 18.4 Å². The van der Waals surface area contributed by atoms with Gasteiger partial charge in [-0.25, -0.2) is 0 Å². The van der Waals surface area contributed by atoms with Crippen molar-refractivity contribution in [3.05, 3.63) is 62.9 Å². The van der Waals surface area contributed by atoms with E-state index in [1.807, 2.05) is 19.1 Å². The fourth-order valence-corrected chi connectivity index (χ4v) is 4.15. The van der Waals surface area contributed by atoms with Crippen LogP contribution in [0.5, 0.6) is 5.75 Å². The van der Waals surface area contributed by atoms with Crippen LogP contribution in [-0.4, -0.2) is 7.11 Å². The molecule has 0 radical (unpaired) electrons. The summed E-state index contributed by atoms with van der Waals surface area (Å²) >= 11 is 5.32. The molecule has 1 unspecified atom stereocenters. The Morgan fingerprint density at radius 3 is 2.81 bits per heavy atom. The fraction of sp³-hybridized carbons (Fsp3) is 0.176. The van der Waals surface area contributed by atoms with Gasteiger partial charge in [0.25, 0.3) is 0 Å². The maximum atomic E-state index is 6.49. The number of nitrogens with two attached hydrogens (primary N) is 1. The van der Waals surface area contributed by atoms with Crippen LogP contribution in [0.25, 0.3) is 10.1 Å². The Labute approximate surface area is 136 Å². The minimum Gasteiger partial charge on any atom is -0.496 e. The van der Waals surface area contributed by atoms with E-state index in [0.717, 1.165) is 26.9 Å². The first-order valence-corrected chi connectivity index (χ1v) is 8.35. The van der Waals surface area contributed by atoms with Gasteiger partial charge >= 0.3 is 0 Å². The van der Waals surface area contributed by atoms with Gasteiger partial charge in [-0.05, 0) is 62.4 Å². The summed E-state index contributed by atoms with van der Waals surface area (Å²) < 4.78 is 7.75. The van der Waals surface area contributed by atoms with Crippen LogP contribution in [0, 0.1) is 6.92 Å². The van der Waals surface area contributed by atoms with Crippen LogP contribution in [0.3, 0.4) is 0 Å². The third-order valence-electron chi connectivity index (χ3n) is 3.71. The minimum atomic E-state index is -0.150. The SMILES string of the molecule is COc1cc(C(N)c2csc3c(Br)cccc23)ccc1C. The summed E-state index contributed by atoms with van der Waals surface area (Å²) in [5.41, 5.74) is 9.82. The molecule has 1 atom stereocenters. The molecule has 21 heavy (non-hydrogen) atoms. The summed E-state index contributed by atoms with van der Waals surface area (Å²) in [6.45, 7) is 2.03. The molecule has 0 spiro atoms. The van der Waals surface area contributed by atoms with Crippen molar-refractivity contribution in [3.63, 3.8) is 0 Å². The maximum absolute atomic E-state index is 6.49. The standard InChI is InChI=1S/C17H16BrNOS/c1-10-6-7-11(8-15(10)20-2)16(19)13-9-21-17-12(13)4-3-5-14(17)18/h3-9,16H,19H2,1-2H3. The number of thiophene rings is 1. The van der Waals surface area contributed by atoms with Crippen molar-refractivity contribution >= 4 is 37.4 Å². The van der Waals surface area contributed by atoms with E-state index in [1.165, 1.54) is 10.1 Å². The van der Waals surface area contributed by atoms with Gasteiger partial charge in [0, 0.05) is 9.17 Å². The second kappa shape index (κ2) is 5.79. The smallest absolute Gasteiger partial charge is 0.122 e. The molecule has 108 valence electrons. The van der Waals surface area contributed by atoms with E-state index in [2.05, 4.69) is 45.6 Å². The Kier molecular flexibility index (Phi) is 4.02. The van der Waals surface area contributed by atoms with Gasteiger partial charge in [0.2, 0.25) is 0 Å². The third-order valence-corrected chi connectivity index (χ3v) is 5.68. The molecule has 0 aliphatic heterocycles. The molecule has 3 aromatic rings. The Balaban J connectivity index is 2.08. The largest absolute Gasteiger partial charge is 0.496 e. The van der Waals surface area contributed by atoms with Crippen LogP contribution in [0.1, 0.15) is 22.7 Å². The molecule has 0 fully saturated rings. The lowest BCUT2D eigenvalue weighted by Crippen LogP contribution is -2.11. The summed E-state index contributed by atoms with van der Waals surface area (Å²) in [4.78, 5) is 0. The molecule has 1 heterocycles. The first-order chi connectivity index (χ1) is 10.1. The molecule has 0 saturated carbocycles. The van der Waals surface area contributed by atoms with Crippen molar-refractivity contribution in [2.45, 2.75) is 13.0 Å². The van der Waals surface area contributed by atoms with E-state index < -0.39 is 0 Å². The highest BCUT2D eigenvalue weighted by Crippen LogP contribution is 2.37. The number of ether oxygens (including phenoxy) is 1. The van der Waals surface area contributed by atoms with Crippen LogP contribution in [0.4, 0.5) is 0 Å². The highest BCUT2D eigenvalue weighted by atomic mass is 79.9. The van der Waals surface area contributed by atoms with E-state index >= 15 is 0 Å². The Morgan fingerprint density at radius 2 is 2.05 bits per heavy atom. The zero-order valence-electron chi connectivity index (χ0n) is 11.9. The van der Waals surface area contributed by atoms with Gasteiger partial charge in [-0.3, -0.25) is 0 Å². The zero-order valence-corrected chi connectivity index (χ0v) is 14.3. The molecule has 0 amide bonds. The van der Waals surface area contributed by atoms with Gasteiger partial charge < -0.3 is 10.5 Å². The van der Waals surface area contributed by atoms with Gasteiger partial charge in [0.15, 0.2) is 0 Å². The van der Waals surface area contributed by atoms with Crippen LogP contribution in [-0.2, 0) is 0 Å². The minimum absolute atomic E-state index is 0.150. The molecule has 2 aromatic carbocycles. The van der Waals surface area contributed by atoms with Crippen molar-refractivity contribution in [1.29, 1.82) is 0 Å². The van der Waals surface area contributed by atoms with Crippen molar-refractivity contribution in [3.8, 4) is 5.75 Å². The average Bonchev–Trinajstić information content (AvgIpc) is 2.92. The number of fused-ring (bicyclic) bond motifs is 1. The van der Waals surface area contributed by atoms with Gasteiger partial charge in [0.05, 0.1) is 13.2 Å². The van der Waals surface area contributed by atoms with Gasteiger partial charge in [-0.15, -0.1) is 11.3 Å². The fourth-order valence-electron chi connectivity index (χ4n) is 2.49. The highest BCUT2D eigenvalue weighted by Gasteiger charge is 2.16. The lowest BCUT2D eigenvalue weighted by atomic mass is 9.98. The predicted octanol–water partition coefficient (Wildman–Crippen LogP) is 5.03. The Hall–Kier alpha value is -1.36. The van der Waals surface area contributed by atoms with Crippen molar-refractivity contribution in [2.24, 2.45) is 5.73 Å². The summed E-state index contributed by atoms with van der Waals surface area (Å²) in [5, 5.41) is 3.35. The van der Waals surface area contributed by atoms with E-state index in [9.17, 15) is 0 Å². The van der Waals surface area contributed by atoms with E-state index in [-0.39, 0.29) is 6.04 Å². The number of hydrogen-bond acceptors (Lipinski definition) is 3. The topological polar surface area (TPSA) is 35.2 Å². The summed E-state index contributed by atoms with van der Waals surface area (Å²) in [6.07, 6.45) is 0. The van der Waals surface area contributed by atoms with E-state index in [4.69, 9.17) is 10.5 Å². The van der Waals surface area contributed by atoms with Gasteiger partial charge in [-0.2, -0.15) is 0 Å². The third kappa shape index (κ3) is 2.59. The molecule has 4 heteroatoms. The average molecular weight is 362 g/mol. The molecule has 3 rings (SSSR count). The van der Waals surface area contributed by atoms with E-state index in [0.29, 0.717) is 0 Å². The number of methoxy groups -OCH3 is 1. The summed E-state index contributed by atoms with van der Waals surface area (Å²) in [5.74, 6) is 0.878. The molecule has 0 saturated heterocycles. The molecule has 2 nitrogen and oxygen atoms in total. The van der Waals surface area contributed by atoms with Crippen LogP contribution >= 0.6 is 27.3 Å². The van der Waals surface area contributed by atoms with Crippen LogP contribution in [0.2, 0.25) is 0 Å². The molecular formula is C17H16BrNOS. The number of aryl methyl sites for hydroxylation is 1. The normalized spacial score (nSPS) is 12.6. The quantitative estimate of drug-likeness (QED) is 0.709. The zero-order chi connectivity index (χ0) is 15.0. The second-order valence-electron chi connectivity index (χ2n) is 5.01. The Morgan fingerprint density at radius 1 is 1.24 bits per heavy atom. The monoisotopic (exact) mass is 361 g/mol. The lowest BCUT2D eigenvalue weighted by molar-refractivity contribution is 0.411. The van der Waals surface area contributed by atoms with Crippen molar-refractivity contribution in [1.82, 2.24) is 0 Å². The Bertz CT molecular complexity index is 797. The number of rotatable bonds is 3. The van der Waals surface area contributed by atoms with Crippen molar-refractivity contribution in [2.75, 3.05) is 7.11 Å². The van der Waals surface area contributed by atoms with Crippen LogP contribution < -0.4 is 10.5 Å². The molecule has 0 aliphatic carbocycles. The maximum Gasteiger partial charge on any atom is 0.122 e. The predicted molar refractivity (Wildman–Crippen MR) is 93.3 cm³/mol. The highest BCUT2D eigenvalue weighted by molar-refractivity contribution is 9.10. The first-order valence-electron chi connectivity index (χ1n) is 6.67. The summed E-state index contributed by atoms with van der Waals surface area (Å²) in [6, 6.07) is 12.2. The second-order valence-corrected chi connectivity index (χ2v) is 6.75. The summed E-state index contributed by atoms with van der Waals surface area (Å²) in [7, 11) is 1.69. The number of benzene rings is 2. The van der Waals surface area contributed by atoms with Crippen LogP contribution in [0.15, 0.2) is 46.3 Å². The number of hydrogen-bond donors (Lipinski definition) is 1. The van der Waals surface area contributed by atoms with Gasteiger partial charge in [0.1, 0.15) is 5.75 Å². The molecule has 2 N–H and O–H groups in total. The van der Waals surface area contributed by atoms with Gasteiger partial charge in [-0.1, -0.05) is 24.3 Å². The molecule has 0 bridgehead atoms. The first kappa shape index (κ1) is 14.6. The molecule has 1 aromatic heterocycles. The van der Waals surface area contributed by atoms with Crippen molar-refractivity contribution < 1.29 is 4.74 Å².